The Morgan fingerprint density at radius 3 is 1.42 bits per heavy atom. The van der Waals surface area contributed by atoms with Crippen LogP contribution in [0.5, 0.6) is 0 Å². The van der Waals surface area contributed by atoms with E-state index in [4.69, 9.17) is 41.6 Å². The molecule has 0 radical (unpaired) electrons. The van der Waals surface area contributed by atoms with Gasteiger partial charge < -0.3 is 24.1 Å². The van der Waals surface area contributed by atoms with Gasteiger partial charge in [0.1, 0.15) is 0 Å². The monoisotopic (exact) mass is 376 g/mol. The van der Waals surface area contributed by atoms with E-state index in [1.54, 1.807) is 0 Å². The fourth-order valence-electron chi connectivity index (χ4n) is 1.46. The first-order chi connectivity index (χ1) is 11.4. The first kappa shape index (κ1) is 25.9. The lowest BCUT2D eigenvalue weighted by molar-refractivity contribution is -0.00576. The Balaban J connectivity index is 0. The number of ether oxygens (including phenoxy) is 4. The van der Waals surface area contributed by atoms with Gasteiger partial charge in [0.05, 0.1) is 52.9 Å². The van der Waals surface area contributed by atoms with Crippen molar-refractivity contribution in [1.82, 2.24) is 0 Å². The molecule has 9 nitrogen and oxygen atoms in total. The van der Waals surface area contributed by atoms with Gasteiger partial charge in [-0.2, -0.15) is 8.42 Å². The molecule has 0 fully saturated rings. The van der Waals surface area contributed by atoms with Crippen LogP contribution in [0.3, 0.4) is 0 Å². The van der Waals surface area contributed by atoms with E-state index in [2.05, 4.69) is 6.92 Å². The van der Waals surface area contributed by atoms with E-state index in [1.165, 1.54) is 19.3 Å². The van der Waals surface area contributed by atoms with Gasteiger partial charge in [0.25, 0.3) is 0 Å². The Morgan fingerprint density at radius 2 is 1.04 bits per heavy atom. The number of unbranched alkanes of at least 4 members (excludes halogenated alkanes) is 3. The molecular weight excluding hydrogens is 344 g/mol. The van der Waals surface area contributed by atoms with Gasteiger partial charge in [0.15, 0.2) is 0 Å². The molecule has 0 aromatic rings. The first-order valence-corrected chi connectivity index (χ1v) is 9.43. The summed E-state index contributed by atoms with van der Waals surface area (Å²) in [6, 6.07) is 0. The molecule has 0 amide bonds. The van der Waals surface area contributed by atoms with Gasteiger partial charge in [-0.3, -0.25) is 9.11 Å². The van der Waals surface area contributed by atoms with Crippen LogP contribution in [-0.4, -0.2) is 82.1 Å². The highest BCUT2D eigenvalue weighted by Crippen LogP contribution is 1.98. The molecule has 0 rings (SSSR count). The molecule has 3 N–H and O–H groups in total. The van der Waals surface area contributed by atoms with Crippen molar-refractivity contribution in [3.63, 3.8) is 0 Å². The van der Waals surface area contributed by atoms with Crippen LogP contribution in [0.4, 0.5) is 0 Å². The molecule has 0 heterocycles. The van der Waals surface area contributed by atoms with Crippen LogP contribution < -0.4 is 0 Å². The number of hydrogen-bond donors (Lipinski definition) is 3. The highest BCUT2D eigenvalue weighted by Gasteiger charge is 1.93. The normalized spacial score (nSPS) is 11.2. The quantitative estimate of drug-likeness (QED) is 0.266. The maximum absolute atomic E-state index is 8.74. The third kappa shape index (κ3) is 37.7. The molecule has 0 unspecified atom stereocenters. The zero-order valence-corrected chi connectivity index (χ0v) is 15.2. The Morgan fingerprint density at radius 1 is 0.667 bits per heavy atom. The molecule has 0 atom stereocenters. The summed E-state index contributed by atoms with van der Waals surface area (Å²) in [6.45, 7) is 6.95. The highest BCUT2D eigenvalue weighted by atomic mass is 32.3. The van der Waals surface area contributed by atoms with Crippen LogP contribution in [0.25, 0.3) is 0 Å². The minimum atomic E-state index is -4.67. The standard InChI is InChI=1S/C14H30O5.H2O4S/c1-2-3-4-5-7-16-9-11-18-13-14-19-12-10-17-8-6-15;1-5(2,3)4/h15H,2-14H2,1H3;(H2,1,2,3,4). The zero-order valence-electron chi connectivity index (χ0n) is 14.4. The van der Waals surface area contributed by atoms with Crippen molar-refractivity contribution < 1.29 is 41.6 Å². The van der Waals surface area contributed by atoms with E-state index in [9.17, 15) is 0 Å². The van der Waals surface area contributed by atoms with Crippen LogP contribution in [-0.2, 0) is 29.3 Å². The third-order valence-electron chi connectivity index (χ3n) is 2.49. The van der Waals surface area contributed by atoms with Gasteiger partial charge in [-0.15, -0.1) is 0 Å². The topological polar surface area (TPSA) is 132 Å². The molecule has 148 valence electrons. The van der Waals surface area contributed by atoms with E-state index in [-0.39, 0.29) is 6.61 Å². The number of rotatable bonds is 16. The van der Waals surface area contributed by atoms with Gasteiger partial charge in [-0.05, 0) is 6.42 Å². The van der Waals surface area contributed by atoms with Crippen molar-refractivity contribution in [3.05, 3.63) is 0 Å². The van der Waals surface area contributed by atoms with Crippen molar-refractivity contribution in [1.29, 1.82) is 0 Å². The van der Waals surface area contributed by atoms with Crippen molar-refractivity contribution in [2.45, 2.75) is 32.6 Å². The van der Waals surface area contributed by atoms with E-state index in [0.717, 1.165) is 13.0 Å². The van der Waals surface area contributed by atoms with E-state index < -0.39 is 10.4 Å². The maximum Gasteiger partial charge on any atom is 0.394 e. The summed E-state index contributed by atoms with van der Waals surface area (Å²) in [5.41, 5.74) is 0. The van der Waals surface area contributed by atoms with Crippen LogP contribution in [0.15, 0.2) is 0 Å². The predicted octanol–water partition coefficient (Wildman–Crippen LogP) is 0.973. The maximum atomic E-state index is 8.74. The van der Waals surface area contributed by atoms with Gasteiger partial charge in [-0.25, -0.2) is 0 Å². The SMILES string of the molecule is CCCCCCOCCOCCOCCOCCO.O=S(=O)(O)O. The van der Waals surface area contributed by atoms with E-state index >= 15 is 0 Å². The fraction of sp³-hybridized carbons (Fsp3) is 1.00. The molecule has 24 heavy (non-hydrogen) atoms. The molecule has 0 aliphatic rings. The third-order valence-corrected chi connectivity index (χ3v) is 2.49. The summed E-state index contributed by atoms with van der Waals surface area (Å²) in [7, 11) is -4.67. The minimum Gasteiger partial charge on any atom is -0.394 e. The fourth-order valence-corrected chi connectivity index (χ4v) is 1.46. The minimum absolute atomic E-state index is 0.0571. The summed E-state index contributed by atoms with van der Waals surface area (Å²) >= 11 is 0. The van der Waals surface area contributed by atoms with Crippen LogP contribution in [0, 0.1) is 0 Å². The second kappa shape index (κ2) is 20.7. The Hall–Kier alpha value is -0.330. The zero-order chi connectivity index (χ0) is 18.5. The number of aliphatic hydroxyl groups excluding tert-OH is 1. The first-order valence-electron chi connectivity index (χ1n) is 8.03. The van der Waals surface area contributed by atoms with Crippen LogP contribution in [0.2, 0.25) is 0 Å². The number of hydrogen-bond acceptors (Lipinski definition) is 7. The molecular formula is C14H32O9S. The van der Waals surface area contributed by atoms with Crippen LogP contribution in [0.1, 0.15) is 32.6 Å². The van der Waals surface area contributed by atoms with Crippen molar-refractivity contribution in [2.24, 2.45) is 0 Å². The van der Waals surface area contributed by atoms with E-state index in [0.29, 0.717) is 46.2 Å². The highest BCUT2D eigenvalue weighted by molar-refractivity contribution is 7.79. The molecule has 10 heteroatoms. The summed E-state index contributed by atoms with van der Waals surface area (Å²) in [6.07, 6.45) is 4.95. The van der Waals surface area contributed by atoms with Gasteiger partial charge >= 0.3 is 10.4 Å². The molecule has 0 saturated heterocycles. The summed E-state index contributed by atoms with van der Waals surface area (Å²) in [4.78, 5) is 0. The van der Waals surface area contributed by atoms with Crippen molar-refractivity contribution in [3.8, 4) is 0 Å². The van der Waals surface area contributed by atoms with Gasteiger partial charge in [0.2, 0.25) is 0 Å². The molecule has 0 aliphatic heterocycles. The average Bonchev–Trinajstić information content (AvgIpc) is 2.49. The molecule has 0 aromatic carbocycles. The van der Waals surface area contributed by atoms with Gasteiger partial charge in [-0.1, -0.05) is 26.2 Å². The molecule has 0 saturated carbocycles. The lowest BCUT2D eigenvalue weighted by Gasteiger charge is -2.07. The molecule has 0 bridgehead atoms. The largest absolute Gasteiger partial charge is 0.394 e. The van der Waals surface area contributed by atoms with Crippen molar-refractivity contribution >= 4 is 10.4 Å². The molecule has 0 spiro atoms. The smallest absolute Gasteiger partial charge is 0.394 e. The molecule has 0 aromatic heterocycles. The second-order valence-electron chi connectivity index (χ2n) is 4.68. The molecule has 0 aliphatic carbocycles. The van der Waals surface area contributed by atoms with Crippen molar-refractivity contribution in [2.75, 3.05) is 59.5 Å². The van der Waals surface area contributed by atoms with Gasteiger partial charge in [0, 0.05) is 6.61 Å². The lowest BCUT2D eigenvalue weighted by Crippen LogP contribution is -2.12. The Labute approximate surface area is 144 Å². The van der Waals surface area contributed by atoms with E-state index in [1.807, 2.05) is 0 Å². The Kier molecular flexibility index (Phi) is 22.4. The lowest BCUT2D eigenvalue weighted by atomic mass is 10.2. The second-order valence-corrected chi connectivity index (χ2v) is 5.58. The predicted molar refractivity (Wildman–Crippen MR) is 88.7 cm³/mol. The average molecular weight is 376 g/mol. The Bertz CT molecular complexity index is 298. The summed E-state index contributed by atoms with van der Waals surface area (Å²) in [5.74, 6) is 0. The summed E-state index contributed by atoms with van der Waals surface area (Å²) in [5, 5.41) is 8.47. The van der Waals surface area contributed by atoms with Crippen LogP contribution >= 0.6 is 0 Å². The summed E-state index contributed by atoms with van der Waals surface area (Å²) < 4.78 is 52.7. The number of aliphatic hydroxyl groups is 1.